The molecule has 2 unspecified atom stereocenters. The predicted octanol–water partition coefficient (Wildman–Crippen LogP) is -0.486. The van der Waals surface area contributed by atoms with E-state index >= 15 is 0 Å². The van der Waals surface area contributed by atoms with E-state index in [-0.39, 0.29) is 5.70 Å². The predicted molar refractivity (Wildman–Crippen MR) is 49.6 cm³/mol. The maximum absolute atomic E-state index is 10.9. The second-order valence-corrected chi connectivity index (χ2v) is 3.08. The van der Waals surface area contributed by atoms with Gasteiger partial charge in [-0.15, -0.1) is 0 Å². The molecule has 0 aromatic heterocycles. The quantitative estimate of drug-likeness (QED) is 0.484. The van der Waals surface area contributed by atoms with Gasteiger partial charge in [-0.25, -0.2) is 4.79 Å². The fraction of sp³-hybridized carbons (Fsp3) is 0.375. The Balaban J connectivity index is 3.15. The SMILES string of the molecule is COC1C=CC([N+](=O)[O-])=CC1(N)C(=O)O. The second kappa shape index (κ2) is 3.79. The van der Waals surface area contributed by atoms with Crippen molar-refractivity contribution in [1.82, 2.24) is 0 Å². The zero-order valence-corrected chi connectivity index (χ0v) is 7.91. The van der Waals surface area contributed by atoms with E-state index in [4.69, 9.17) is 15.6 Å². The molecule has 0 heterocycles. The summed E-state index contributed by atoms with van der Waals surface area (Å²) in [6, 6.07) is 0. The molecule has 7 heteroatoms. The van der Waals surface area contributed by atoms with E-state index in [1.807, 2.05) is 0 Å². The molecule has 0 bridgehead atoms. The number of nitrogens with zero attached hydrogens (tertiary/aromatic N) is 1. The molecule has 0 radical (unpaired) electrons. The topological polar surface area (TPSA) is 116 Å². The van der Waals surface area contributed by atoms with Gasteiger partial charge in [0, 0.05) is 19.3 Å². The van der Waals surface area contributed by atoms with Gasteiger partial charge in [0.05, 0.1) is 4.92 Å². The van der Waals surface area contributed by atoms with Crippen LogP contribution in [0, 0.1) is 10.1 Å². The third-order valence-electron chi connectivity index (χ3n) is 2.13. The van der Waals surface area contributed by atoms with E-state index in [0.29, 0.717) is 0 Å². The molecule has 3 N–H and O–H groups in total. The molecule has 1 aliphatic carbocycles. The molecule has 0 saturated carbocycles. The Morgan fingerprint density at radius 1 is 1.80 bits per heavy atom. The Hall–Kier alpha value is -1.73. The van der Waals surface area contributed by atoms with Gasteiger partial charge < -0.3 is 15.6 Å². The fourth-order valence-corrected chi connectivity index (χ4v) is 1.29. The molecule has 15 heavy (non-hydrogen) atoms. The van der Waals surface area contributed by atoms with Crippen LogP contribution >= 0.6 is 0 Å². The average molecular weight is 214 g/mol. The number of allylic oxidation sites excluding steroid dienone is 1. The summed E-state index contributed by atoms with van der Waals surface area (Å²) >= 11 is 0. The number of rotatable bonds is 3. The monoisotopic (exact) mass is 214 g/mol. The van der Waals surface area contributed by atoms with Crippen LogP contribution in [0.25, 0.3) is 0 Å². The van der Waals surface area contributed by atoms with Crippen molar-refractivity contribution in [1.29, 1.82) is 0 Å². The van der Waals surface area contributed by atoms with Gasteiger partial charge in [-0.3, -0.25) is 10.1 Å². The number of nitrogens with two attached hydrogens (primary N) is 1. The van der Waals surface area contributed by atoms with Gasteiger partial charge in [0.2, 0.25) is 0 Å². The first kappa shape index (κ1) is 11.3. The third kappa shape index (κ3) is 1.88. The molecule has 1 aliphatic rings. The summed E-state index contributed by atoms with van der Waals surface area (Å²) in [6.07, 6.45) is 2.39. The molecule has 0 amide bonds. The molecule has 0 fully saturated rings. The Morgan fingerprint density at radius 2 is 2.40 bits per heavy atom. The lowest BCUT2D eigenvalue weighted by Crippen LogP contribution is -2.57. The molecule has 7 nitrogen and oxygen atoms in total. The van der Waals surface area contributed by atoms with Crippen LogP contribution in [-0.4, -0.2) is 34.8 Å². The Morgan fingerprint density at radius 3 is 2.80 bits per heavy atom. The molecular formula is C8H10N2O5. The Kier molecular flexibility index (Phi) is 2.87. The summed E-state index contributed by atoms with van der Waals surface area (Å²) in [5.74, 6) is -1.38. The highest BCUT2D eigenvalue weighted by Gasteiger charge is 2.44. The highest BCUT2D eigenvalue weighted by Crippen LogP contribution is 2.22. The van der Waals surface area contributed by atoms with Crippen molar-refractivity contribution in [3.05, 3.63) is 34.0 Å². The van der Waals surface area contributed by atoms with E-state index < -0.39 is 22.5 Å². The molecule has 0 aliphatic heterocycles. The number of hydrogen-bond donors (Lipinski definition) is 2. The van der Waals surface area contributed by atoms with Crippen LogP contribution in [0.4, 0.5) is 0 Å². The van der Waals surface area contributed by atoms with Gasteiger partial charge in [0.15, 0.2) is 5.54 Å². The van der Waals surface area contributed by atoms with Crippen LogP contribution in [0.5, 0.6) is 0 Å². The van der Waals surface area contributed by atoms with Gasteiger partial charge in [0.25, 0.3) is 5.70 Å². The number of aliphatic carboxylic acids is 1. The standard InChI is InChI=1S/C8H10N2O5/c1-15-6-3-2-5(10(13)14)4-8(6,9)7(11)12/h2-4,6H,9H2,1H3,(H,11,12). The maximum atomic E-state index is 10.9. The number of hydrogen-bond acceptors (Lipinski definition) is 5. The lowest BCUT2D eigenvalue weighted by atomic mass is 9.88. The van der Waals surface area contributed by atoms with Crippen molar-refractivity contribution in [2.75, 3.05) is 7.11 Å². The van der Waals surface area contributed by atoms with Crippen LogP contribution in [0.1, 0.15) is 0 Å². The summed E-state index contributed by atoms with van der Waals surface area (Å²) in [4.78, 5) is 20.7. The zero-order chi connectivity index (χ0) is 11.6. The molecule has 2 atom stereocenters. The Labute approximate surface area is 85.0 Å². The van der Waals surface area contributed by atoms with Crippen molar-refractivity contribution in [3.8, 4) is 0 Å². The minimum atomic E-state index is -1.90. The molecule has 0 aromatic carbocycles. The molecule has 0 aromatic rings. The number of ether oxygens (including phenoxy) is 1. The van der Waals surface area contributed by atoms with Crippen LogP contribution in [0.15, 0.2) is 23.9 Å². The average Bonchev–Trinajstić information content (AvgIpc) is 2.17. The van der Waals surface area contributed by atoms with E-state index in [1.54, 1.807) is 0 Å². The van der Waals surface area contributed by atoms with Crippen LogP contribution < -0.4 is 5.73 Å². The minimum absolute atomic E-state index is 0.354. The molecule has 0 spiro atoms. The maximum Gasteiger partial charge on any atom is 0.331 e. The number of carbonyl (C=O) groups is 1. The Bertz CT molecular complexity index is 362. The summed E-state index contributed by atoms with van der Waals surface area (Å²) < 4.78 is 4.84. The van der Waals surface area contributed by atoms with Crippen LogP contribution in [-0.2, 0) is 9.53 Å². The van der Waals surface area contributed by atoms with E-state index in [1.165, 1.54) is 19.3 Å². The normalized spacial score (nSPS) is 29.7. The first-order valence-electron chi connectivity index (χ1n) is 4.02. The summed E-state index contributed by atoms with van der Waals surface area (Å²) in [5, 5.41) is 19.3. The molecule has 0 saturated heterocycles. The van der Waals surface area contributed by atoms with Gasteiger partial charge in [0.1, 0.15) is 6.10 Å². The summed E-state index contributed by atoms with van der Waals surface area (Å²) in [7, 11) is 1.28. The van der Waals surface area contributed by atoms with Crippen molar-refractivity contribution in [3.63, 3.8) is 0 Å². The van der Waals surface area contributed by atoms with Gasteiger partial charge >= 0.3 is 5.97 Å². The van der Waals surface area contributed by atoms with E-state index in [2.05, 4.69) is 0 Å². The number of carboxylic acid groups (broad SMARTS) is 1. The largest absolute Gasteiger partial charge is 0.480 e. The lowest BCUT2D eigenvalue weighted by Gasteiger charge is -2.28. The highest BCUT2D eigenvalue weighted by atomic mass is 16.6. The first-order valence-corrected chi connectivity index (χ1v) is 4.02. The van der Waals surface area contributed by atoms with Crippen LogP contribution in [0.2, 0.25) is 0 Å². The van der Waals surface area contributed by atoms with Crippen molar-refractivity contribution in [2.24, 2.45) is 5.73 Å². The third-order valence-corrected chi connectivity index (χ3v) is 2.13. The summed E-state index contributed by atoms with van der Waals surface area (Å²) in [6.45, 7) is 0. The minimum Gasteiger partial charge on any atom is -0.480 e. The second-order valence-electron chi connectivity index (χ2n) is 3.08. The lowest BCUT2D eigenvalue weighted by molar-refractivity contribution is -0.420. The van der Waals surface area contributed by atoms with E-state index in [0.717, 1.165) is 6.08 Å². The van der Waals surface area contributed by atoms with E-state index in [9.17, 15) is 14.9 Å². The van der Waals surface area contributed by atoms with Gasteiger partial charge in [-0.05, 0) is 6.08 Å². The van der Waals surface area contributed by atoms with Crippen molar-refractivity contribution < 1.29 is 19.6 Å². The molecular weight excluding hydrogens is 204 g/mol. The number of carboxylic acids is 1. The smallest absolute Gasteiger partial charge is 0.331 e. The number of nitro groups is 1. The van der Waals surface area contributed by atoms with Crippen molar-refractivity contribution in [2.45, 2.75) is 11.6 Å². The van der Waals surface area contributed by atoms with Crippen molar-refractivity contribution >= 4 is 5.97 Å². The number of methoxy groups -OCH3 is 1. The first-order chi connectivity index (χ1) is 6.91. The van der Waals surface area contributed by atoms with Crippen LogP contribution in [0.3, 0.4) is 0 Å². The molecule has 1 rings (SSSR count). The molecule has 82 valence electrons. The zero-order valence-electron chi connectivity index (χ0n) is 7.91. The fourth-order valence-electron chi connectivity index (χ4n) is 1.29. The van der Waals surface area contributed by atoms with Gasteiger partial charge in [-0.2, -0.15) is 0 Å². The highest BCUT2D eigenvalue weighted by molar-refractivity contribution is 5.83. The van der Waals surface area contributed by atoms with Gasteiger partial charge in [-0.1, -0.05) is 0 Å². The summed E-state index contributed by atoms with van der Waals surface area (Å²) in [5.41, 5.74) is 3.28.